The first kappa shape index (κ1) is 24.0. The number of hydrogen-bond acceptors (Lipinski definition) is 6. The fraction of sp³-hybridized carbons (Fsp3) is 0.667. The van der Waals surface area contributed by atoms with Crippen LogP contribution < -0.4 is 10.6 Å². The smallest absolute Gasteiger partial charge is 0.191 e. The Hall–Kier alpha value is -1.66. The van der Waals surface area contributed by atoms with Gasteiger partial charge in [-0.05, 0) is 57.8 Å². The molecule has 2 aromatic rings. The zero-order valence-electron chi connectivity index (χ0n) is 18.4. The maximum atomic E-state index is 5.76. The number of guanidine groups is 1. The van der Waals surface area contributed by atoms with Gasteiger partial charge in [0.05, 0.1) is 18.4 Å². The molecule has 2 atom stereocenters. The van der Waals surface area contributed by atoms with Gasteiger partial charge in [0.25, 0.3) is 0 Å². The molecule has 0 aromatic carbocycles. The third-order valence-corrected chi connectivity index (χ3v) is 6.00. The van der Waals surface area contributed by atoms with Crippen LogP contribution in [-0.2, 0) is 18.3 Å². The molecule has 0 aliphatic carbocycles. The minimum atomic E-state index is 0. The van der Waals surface area contributed by atoms with E-state index >= 15 is 0 Å². The Balaban J connectivity index is 0.00000272. The topological polar surface area (TPSA) is 92.7 Å². The number of nitrogens with zero attached hydrogens (tertiary/aromatic N) is 5. The van der Waals surface area contributed by atoms with Gasteiger partial charge in [0.1, 0.15) is 18.1 Å². The van der Waals surface area contributed by atoms with E-state index in [1.54, 1.807) is 6.26 Å². The fourth-order valence-corrected chi connectivity index (χ4v) is 4.07. The van der Waals surface area contributed by atoms with Crippen LogP contribution in [0.1, 0.15) is 49.1 Å². The summed E-state index contributed by atoms with van der Waals surface area (Å²) < 4.78 is 13.5. The van der Waals surface area contributed by atoms with Gasteiger partial charge in [-0.1, -0.05) is 0 Å². The summed E-state index contributed by atoms with van der Waals surface area (Å²) in [5.74, 6) is 3.48. The van der Waals surface area contributed by atoms with Crippen LogP contribution in [0.15, 0.2) is 27.8 Å². The highest BCUT2D eigenvalue weighted by molar-refractivity contribution is 14.0. The number of nitrogens with one attached hydrogen (secondary N) is 2. The maximum Gasteiger partial charge on any atom is 0.191 e. The average Bonchev–Trinajstić information content (AvgIpc) is 3.55. The molecule has 2 N–H and O–H groups in total. The largest absolute Gasteiger partial charge is 0.468 e. The van der Waals surface area contributed by atoms with Gasteiger partial charge in [-0.3, -0.25) is 4.90 Å². The summed E-state index contributed by atoms with van der Waals surface area (Å²) in [5, 5.41) is 15.3. The maximum absolute atomic E-state index is 5.76. The first-order chi connectivity index (χ1) is 14.7. The number of ether oxygens (including phenoxy) is 1. The molecule has 0 bridgehead atoms. The molecule has 4 heterocycles. The van der Waals surface area contributed by atoms with Crippen molar-refractivity contribution in [2.24, 2.45) is 12.0 Å². The number of aromatic nitrogens is 3. The second-order valence-electron chi connectivity index (χ2n) is 8.06. The molecule has 31 heavy (non-hydrogen) atoms. The van der Waals surface area contributed by atoms with E-state index in [1.807, 2.05) is 24.6 Å². The van der Waals surface area contributed by atoms with Gasteiger partial charge in [-0.15, -0.1) is 34.2 Å². The normalized spacial score (nSPS) is 20.6. The Morgan fingerprint density at radius 2 is 2.10 bits per heavy atom. The van der Waals surface area contributed by atoms with Gasteiger partial charge in [-0.2, -0.15) is 0 Å². The van der Waals surface area contributed by atoms with E-state index in [0.717, 1.165) is 69.0 Å². The van der Waals surface area contributed by atoms with E-state index < -0.39 is 0 Å². The molecule has 9 nitrogen and oxygen atoms in total. The van der Waals surface area contributed by atoms with Crippen LogP contribution in [0.3, 0.4) is 0 Å². The summed E-state index contributed by atoms with van der Waals surface area (Å²) in [6, 6.07) is 4.21. The summed E-state index contributed by atoms with van der Waals surface area (Å²) in [6.07, 6.45) is 6.68. The summed E-state index contributed by atoms with van der Waals surface area (Å²) in [4.78, 5) is 7.26. The highest BCUT2D eigenvalue weighted by Crippen LogP contribution is 2.24. The summed E-state index contributed by atoms with van der Waals surface area (Å²) >= 11 is 0. The molecule has 2 aromatic heterocycles. The summed E-state index contributed by atoms with van der Waals surface area (Å²) in [6.45, 7) is 6.93. The van der Waals surface area contributed by atoms with Gasteiger partial charge in [0.15, 0.2) is 11.8 Å². The molecule has 0 radical (unpaired) electrons. The number of aryl methyl sites for hydroxylation is 1. The SMILES string of the molecule is Cc1nnc(CN=C(NCC2CCCO2)NCC(c2ccco2)N2CCCC2)n1C.I. The van der Waals surface area contributed by atoms with E-state index in [4.69, 9.17) is 14.1 Å². The Bertz CT molecular complexity index is 812. The lowest BCUT2D eigenvalue weighted by Gasteiger charge is -2.27. The van der Waals surface area contributed by atoms with Gasteiger partial charge in [0, 0.05) is 26.7 Å². The van der Waals surface area contributed by atoms with Crippen molar-refractivity contribution in [2.45, 2.75) is 51.3 Å². The van der Waals surface area contributed by atoms with Gasteiger partial charge < -0.3 is 24.4 Å². The zero-order chi connectivity index (χ0) is 20.8. The van der Waals surface area contributed by atoms with Crippen LogP contribution in [0.5, 0.6) is 0 Å². The van der Waals surface area contributed by atoms with Crippen LogP contribution in [0.25, 0.3) is 0 Å². The third kappa shape index (κ3) is 6.42. The van der Waals surface area contributed by atoms with E-state index in [2.05, 4.69) is 31.8 Å². The zero-order valence-corrected chi connectivity index (χ0v) is 20.7. The van der Waals surface area contributed by atoms with E-state index in [9.17, 15) is 0 Å². The molecule has 0 saturated carbocycles. The van der Waals surface area contributed by atoms with Crippen molar-refractivity contribution < 1.29 is 9.15 Å². The van der Waals surface area contributed by atoms with Gasteiger partial charge in [-0.25, -0.2) is 4.99 Å². The van der Waals surface area contributed by atoms with Crippen LogP contribution in [0, 0.1) is 6.92 Å². The van der Waals surface area contributed by atoms with Crippen LogP contribution in [-0.4, -0.2) is 64.5 Å². The van der Waals surface area contributed by atoms with E-state index in [1.165, 1.54) is 12.8 Å². The third-order valence-electron chi connectivity index (χ3n) is 6.00. The van der Waals surface area contributed by atoms with Gasteiger partial charge >= 0.3 is 0 Å². The Labute approximate surface area is 201 Å². The van der Waals surface area contributed by atoms with Gasteiger partial charge in [0.2, 0.25) is 0 Å². The fourth-order valence-electron chi connectivity index (χ4n) is 4.07. The Morgan fingerprint density at radius 3 is 2.74 bits per heavy atom. The van der Waals surface area contributed by atoms with Crippen molar-refractivity contribution in [1.82, 2.24) is 30.3 Å². The number of halogens is 1. The molecular weight excluding hydrogens is 509 g/mol. The Morgan fingerprint density at radius 1 is 1.26 bits per heavy atom. The van der Waals surface area contributed by atoms with E-state index in [0.29, 0.717) is 6.54 Å². The molecule has 4 rings (SSSR count). The molecule has 172 valence electrons. The number of rotatable bonds is 8. The molecule has 10 heteroatoms. The van der Waals surface area contributed by atoms with Crippen molar-refractivity contribution in [3.8, 4) is 0 Å². The van der Waals surface area contributed by atoms with Crippen molar-refractivity contribution in [1.29, 1.82) is 0 Å². The Kier molecular flexibility index (Phi) is 9.15. The van der Waals surface area contributed by atoms with E-state index in [-0.39, 0.29) is 36.1 Å². The van der Waals surface area contributed by atoms with Crippen LogP contribution in [0.4, 0.5) is 0 Å². The second kappa shape index (κ2) is 11.8. The number of aliphatic imine (C=N–C) groups is 1. The number of hydrogen-bond donors (Lipinski definition) is 2. The molecular formula is C21H34IN7O2. The first-order valence-electron chi connectivity index (χ1n) is 11.0. The highest BCUT2D eigenvalue weighted by atomic mass is 127. The molecule has 2 fully saturated rings. The minimum absolute atomic E-state index is 0. The first-order valence-corrected chi connectivity index (χ1v) is 11.0. The van der Waals surface area contributed by atoms with Crippen molar-refractivity contribution in [2.75, 3.05) is 32.8 Å². The lowest BCUT2D eigenvalue weighted by Crippen LogP contribution is -2.44. The predicted octanol–water partition coefficient (Wildman–Crippen LogP) is 2.39. The average molecular weight is 543 g/mol. The number of furan rings is 1. The number of likely N-dealkylation sites (tertiary alicyclic amines) is 1. The predicted molar refractivity (Wildman–Crippen MR) is 130 cm³/mol. The quantitative estimate of drug-likeness (QED) is 0.300. The molecule has 0 spiro atoms. The summed E-state index contributed by atoms with van der Waals surface area (Å²) in [5.41, 5.74) is 0. The van der Waals surface area contributed by atoms with Crippen molar-refractivity contribution in [3.63, 3.8) is 0 Å². The molecule has 2 aliphatic heterocycles. The standard InChI is InChI=1S/C21H33N7O2.HI/c1-16-25-26-20(27(16)2)15-24-21(22-13-17-7-5-11-29-17)23-14-18(19-8-6-12-30-19)28-9-3-4-10-28;/h6,8,12,17-18H,3-5,7,9-11,13-15H2,1-2H3,(H2,22,23,24);1H. The lowest BCUT2D eigenvalue weighted by atomic mass is 10.2. The van der Waals surface area contributed by atoms with Crippen LogP contribution in [0.2, 0.25) is 0 Å². The molecule has 2 unspecified atom stereocenters. The molecule has 2 saturated heterocycles. The molecule has 0 amide bonds. The highest BCUT2D eigenvalue weighted by Gasteiger charge is 2.26. The minimum Gasteiger partial charge on any atom is -0.468 e. The van der Waals surface area contributed by atoms with Crippen LogP contribution >= 0.6 is 24.0 Å². The van der Waals surface area contributed by atoms with Crippen molar-refractivity contribution >= 4 is 29.9 Å². The lowest BCUT2D eigenvalue weighted by molar-refractivity contribution is 0.113. The summed E-state index contributed by atoms with van der Waals surface area (Å²) in [7, 11) is 1.97. The second-order valence-corrected chi connectivity index (χ2v) is 8.06. The monoisotopic (exact) mass is 543 g/mol. The molecule has 2 aliphatic rings. The van der Waals surface area contributed by atoms with Crippen molar-refractivity contribution in [3.05, 3.63) is 35.8 Å².